The molecule has 0 fully saturated rings. The second-order valence-electron chi connectivity index (χ2n) is 3.08. The number of hydrogen-bond donors (Lipinski definition) is 1. The van der Waals surface area contributed by atoms with Crippen molar-refractivity contribution in [2.45, 2.75) is 0 Å². The Balaban J connectivity index is 2.60. The van der Waals surface area contributed by atoms with Crippen LogP contribution in [-0.2, 0) is 7.05 Å². The first-order chi connectivity index (χ1) is 7.59. The van der Waals surface area contributed by atoms with Crippen LogP contribution in [0.3, 0.4) is 0 Å². The van der Waals surface area contributed by atoms with Crippen molar-refractivity contribution in [1.29, 1.82) is 0 Å². The van der Waals surface area contributed by atoms with Crippen molar-refractivity contribution in [2.75, 3.05) is 0 Å². The van der Waals surface area contributed by atoms with Crippen LogP contribution in [-0.4, -0.2) is 30.2 Å². The Morgan fingerprint density at radius 3 is 2.81 bits per heavy atom. The Morgan fingerprint density at radius 1 is 1.50 bits per heavy atom. The van der Waals surface area contributed by atoms with Gasteiger partial charge in [0.15, 0.2) is 5.82 Å². The van der Waals surface area contributed by atoms with Crippen LogP contribution in [0.4, 0.5) is 5.69 Å². The van der Waals surface area contributed by atoms with E-state index in [-0.39, 0.29) is 22.8 Å². The van der Waals surface area contributed by atoms with E-state index in [9.17, 15) is 15.2 Å². The number of nitrogens with zero attached hydrogens (tertiary/aromatic N) is 5. The van der Waals surface area contributed by atoms with E-state index >= 15 is 0 Å². The molecule has 82 valence electrons. The molecule has 2 aromatic rings. The van der Waals surface area contributed by atoms with Gasteiger partial charge in [0.05, 0.1) is 10.5 Å². The molecule has 0 atom stereocenters. The summed E-state index contributed by atoms with van der Waals surface area (Å²) in [5.41, 5.74) is 0.0949. The monoisotopic (exact) mass is 221 g/mol. The molecule has 0 saturated carbocycles. The van der Waals surface area contributed by atoms with E-state index in [2.05, 4.69) is 15.5 Å². The van der Waals surface area contributed by atoms with E-state index in [1.807, 2.05) is 0 Å². The van der Waals surface area contributed by atoms with E-state index in [0.29, 0.717) is 0 Å². The molecular weight excluding hydrogens is 214 g/mol. The molecule has 0 bridgehead atoms. The number of hydrogen-bond acceptors (Lipinski definition) is 6. The van der Waals surface area contributed by atoms with Gasteiger partial charge in [0.2, 0.25) is 0 Å². The molecule has 1 aromatic carbocycles. The highest BCUT2D eigenvalue weighted by Gasteiger charge is 2.15. The third-order valence-corrected chi connectivity index (χ3v) is 2.05. The zero-order valence-corrected chi connectivity index (χ0v) is 8.23. The van der Waals surface area contributed by atoms with E-state index in [0.717, 1.165) is 0 Å². The smallest absolute Gasteiger partial charge is 0.270 e. The van der Waals surface area contributed by atoms with Crippen LogP contribution in [0, 0.1) is 10.1 Å². The highest BCUT2D eigenvalue weighted by molar-refractivity contribution is 5.66. The molecule has 0 aliphatic carbocycles. The van der Waals surface area contributed by atoms with Gasteiger partial charge in [-0.3, -0.25) is 10.1 Å². The van der Waals surface area contributed by atoms with Crippen molar-refractivity contribution in [3.8, 4) is 17.1 Å². The molecule has 0 saturated heterocycles. The fourth-order valence-corrected chi connectivity index (χ4v) is 1.27. The summed E-state index contributed by atoms with van der Waals surface area (Å²) < 4.78 is 1.32. The molecule has 2 rings (SSSR count). The maximum atomic E-state index is 10.6. The predicted molar refractivity (Wildman–Crippen MR) is 52.6 cm³/mol. The normalized spacial score (nSPS) is 10.3. The Labute approximate surface area is 89.3 Å². The second-order valence-corrected chi connectivity index (χ2v) is 3.08. The zero-order chi connectivity index (χ0) is 11.7. The minimum absolute atomic E-state index is 0.108. The fourth-order valence-electron chi connectivity index (χ4n) is 1.27. The van der Waals surface area contributed by atoms with Crippen molar-refractivity contribution in [3.05, 3.63) is 28.3 Å². The lowest BCUT2D eigenvalue weighted by atomic mass is 10.1. The maximum Gasteiger partial charge on any atom is 0.270 e. The fraction of sp³-hybridized carbons (Fsp3) is 0.125. The average molecular weight is 221 g/mol. The first-order valence-corrected chi connectivity index (χ1v) is 4.29. The van der Waals surface area contributed by atoms with Gasteiger partial charge in [-0.2, -0.15) is 0 Å². The van der Waals surface area contributed by atoms with E-state index < -0.39 is 4.92 Å². The molecule has 0 aliphatic rings. The minimum Gasteiger partial charge on any atom is -0.507 e. The number of aromatic nitrogens is 4. The van der Waals surface area contributed by atoms with Crippen LogP contribution in [0.15, 0.2) is 18.2 Å². The van der Waals surface area contributed by atoms with Crippen molar-refractivity contribution in [1.82, 2.24) is 20.2 Å². The predicted octanol–water partition coefficient (Wildman–Crippen LogP) is 0.491. The summed E-state index contributed by atoms with van der Waals surface area (Å²) in [6.45, 7) is 0. The minimum atomic E-state index is -0.549. The molecule has 16 heavy (non-hydrogen) atoms. The molecule has 0 aliphatic heterocycles. The van der Waals surface area contributed by atoms with E-state index in [4.69, 9.17) is 0 Å². The summed E-state index contributed by atoms with van der Waals surface area (Å²) >= 11 is 0. The lowest BCUT2D eigenvalue weighted by Gasteiger charge is -2.01. The van der Waals surface area contributed by atoms with Crippen LogP contribution >= 0.6 is 0 Å². The number of phenolic OH excluding ortho intramolecular Hbond substituents is 1. The van der Waals surface area contributed by atoms with E-state index in [1.54, 1.807) is 7.05 Å². The van der Waals surface area contributed by atoms with Crippen LogP contribution in [0.5, 0.6) is 5.75 Å². The number of tetrazole rings is 1. The first kappa shape index (κ1) is 10.0. The Kier molecular flexibility index (Phi) is 2.24. The molecule has 0 amide bonds. The number of benzene rings is 1. The van der Waals surface area contributed by atoms with Crippen LogP contribution < -0.4 is 0 Å². The van der Waals surface area contributed by atoms with Gasteiger partial charge in [0, 0.05) is 19.2 Å². The summed E-state index contributed by atoms with van der Waals surface area (Å²) in [5.74, 6) is 0.157. The molecule has 0 spiro atoms. The molecule has 1 aromatic heterocycles. The summed E-state index contributed by atoms with van der Waals surface area (Å²) in [7, 11) is 1.58. The number of aromatic hydroxyl groups is 1. The first-order valence-electron chi connectivity index (χ1n) is 4.29. The molecular formula is C8H7N5O3. The lowest BCUT2D eigenvalue weighted by Crippen LogP contribution is -1.96. The van der Waals surface area contributed by atoms with Gasteiger partial charge in [-0.15, -0.1) is 5.10 Å². The van der Waals surface area contributed by atoms with Gasteiger partial charge >= 0.3 is 0 Å². The van der Waals surface area contributed by atoms with Gasteiger partial charge in [0.25, 0.3) is 5.69 Å². The van der Waals surface area contributed by atoms with Crippen molar-refractivity contribution in [2.24, 2.45) is 7.05 Å². The molecule has 1 N–H and O–H groups in total. The zero-order valence-electron chi connectivity index (χ0n) is 8.23. The highest BCUT2D eigenvalue weighted by Crippen LogP contribution is 2.30. The summed E-state index contributed by atoms with van der Waals surface area (Å²) in [6, 6.07) is 3.67. The molecule has 8 nitrogen and oxygen atoms in total. The summed E-state index contributed by atoms with van der Waals surface area (Å²) in [4.78, 5) is 10.0. The number of non-ortho nitro benzene ring substituents is 1. The average Bonchev–Trinajstić information content (AvgIpc) is 2.65. The maximum absolute atomic E-state index is 10.6. The molecule has 1 heterocycles. The molecule has 0 radical (unpaired) electrons. The lowest BCUT2D eigenvalue weighted by molar-refractivity contribution is -0.384. The molecule has 0 unspecified atom stereocenters. The van der Waals surface area contributed by atoms with Gasteiger partial charge in [-0.25, -0.2) is 4.68 Å². The van der Waals surface area contributed by atoms with Gasteiger partial charge in [-0.05, 0) is 16.5 Å². The number of nitro benzene ring substituents is 1. The highest BCUT2D eigenvalue weighted by atomic mass is 16.6. The van der Waals surface area contributed by atoms with Crippen LogP contribution in [0.1, 0.15) is 0 Å². The number of rotatable bonds is 2. The Bertz CT molecular complexity index is 550. The topological polar surface area (TPSA) is 107 Å². The Morgan fingerprint density at radius 2 is 2.25 bits per heavy atom. The van der Waals surface area contributed by atoms with Crippen molar-refractivity contribution >= 4 is 5.69 Å². The van der Waals surface area contributed by atoms with Gasteiger partial charge < -0.3 is 5.11 Å². The SMILES string of the molecule is Cn1nnnc1-c1cc([N+](=O)[O-])ccc1O. The number of nitro groups is 1. The number of aryl methyl sites for hydroxylation is 1. The second kappa shape index (κ2) is 3.57. The Hall–Kier alpha value is -2.51. The third-order valence-electron chi connectivity index (χ3n) is 2.05. The van der Waals surface area contributed by atoms with Crippen LogP contribution in [0.2, 0.25) is 0 Å². The van der Waals surface area contributed by atoms with Gasteiger partial charge in [-0.1, -0.05) is 0 Å². The van der Waals surface area contributed by atoms with Crippen molar-refractivity contribution < 1.29 is 10.0 Å². The summed E-state index contributed by atoms with van der Waals surface area (Å²) in [5, 5.41) is 30.8. The van der Waals surface area contributed by atoms with Crippen molar-refractivity contribution in [3.63, 3.8) is 0 Å². The number of phenols is 1. The van der Waals surface area contributed by atoms with Crippen LogP contribution in [0.25, 0.3) is 11.4 Å². The van der Waals surface area contributed by atoms with E-state index in [1.165, 1.54) is 22.9 Å². The summed E-state index contributed by atoms with van der Waals surface area (Å²) in [6.07, 6.45) is 0. The standard InChI is InChI=1S/C8H7N5O3/c1-12-8(9-10-11-12)6-4-5(13(15)16)2-3-7(6)14/h2-4,14H,1H3. The third kappa shape index (κ3) is 1.56. The largest absolute Gasteiger partial charge is 0.507 e. The molecule has 8 heteroatoms. The quantitative estimate of drug-likeness (QED) is 0.584. The van der Waals surface area contributed by atoms with Gasteiger partial charge in [0.1, 0.15) is 5.75 Å².